The second-order valence-electron chi connectivity index (χ2n) is 4.95. The second kappa shape index (κ2) is 2.24. The third-order valence-corrected chi connectivity index (χ3v) is 4.22. The van der Waals surface area contributed by atoms with E-state index >= 15 is 0 Å². The molecule has 3 aliphatic rings. The molecule has 0 radical (unpaired) electrons. The van der Waals surface area contributed by atoms with Crippen LogP contribution in [-0.2, 0) is 4.79 Å². The van der Waals surface area contributed by atoms with Crippen LogP contribution in [0, 0.1) is 23.2 Å². The highest BCUT2D eigenvalue weighted by molar-refractivity contribution is 5.77. The molecule has 2 N–H and O–H groups in total. The van der Waals surface area contributed by atoms with Gasteiger partial charge in [-0.1, -0.05) is 13.8 Å². The number of hydrogen-bond donors (Lipinski definition) is 1. The van der Waals surface area contributed by atoms with E-state index in [0.29, 0.717) is 11.3 Å². The molecule has 0 aromatic carbocycles. The lowest BCUT2D eigenvalue weighted by Gasteiger charge is -2.59. The van der Waals surface area contributed by atoms with Crippen LogP contribution in [0.5, 0.6) is 0 Å². The third kappa shape index (κ3) is 0.838. The van der Waals surface area contributed by atoms with Gasteiger partial charge in [-0.2, -0.15) is 0 Å². The molecule has 0 spiro atoms. The van der Waals surface area contributed by atoms with E-state index in [1.807, 2.05) is 0 Å². The molecular weight excluding hydrogens is 150 g/mol. The molecule has 0 heterocycles. The number of hydrogen-bond acceptors (Lipinski definition) is 1. The number of fused-ring (bicyclic) bond motifs is 2. The summed E-state index contributed by atoms with van der Waals surface area (Å²) in [4.78, 5) is 11.1. The van der Waals surface area contributed by atoms with Crippen molar-refractivity contribution in [3.05, 3.63) is 0 Å². The molecular formula is C10H17NO. The molecule has 3 saturated carbocycles. The van der Waals surface area contributed by atoms with Crippen LogP contribution < -0.4 is 5.73 Å². The van der Waals surface area contributed by atoms with Gasteiger partial charge in [0.2, 0.25) is 5.91 Å². The Kier molecular flexibility index (Phi) is 1.51. The van der Waals surface area contributed by atoms with Crippen molar-refractivity contribution in [3.8, 4) is 0 Å². The third-order valence-electron chi connectivity index (χ3n) is 4.22. The summed E-state index contributed by atoms with van der Waals surface area (Å²) in [5.41, 5.74) is 5.75. The maximum Gasteiger partial charge on any atom is 0.220 e. The van der Waals surface area contributed by atoms with Crippen molar-refractivity contribution in [1.82, 2.24) is 0 Å². The number of nitrogens with two attached hydrogens (primary N) is 1. The Hall–Kier alpha value is -0.530. The molecule has 2 nitrogen and oxygen atoms in total. The topological polar surface area (TPSA) is 43.1 Å². The van der Waals surface area contributed by atoms with Crippen LogP contribution in [0.1, 0.15) is 33.1 Å². The monoisotopic (exact) mass is 167 g/mol. The van der Waals surface area contributed by atoms with E-state index in [0.717, 1.165) is 12.3 Å². The van der Waals surface area contributed by atoms with Crippen LogP contribution in [-0.4, -0.2) is 5.91 Å². The van der Waals surface area contributed by atoms with Gasteiger partial charge in [-0.05, 0) is 36.5 Å². The zero-order valence-corrected chi connectivity index (χ0v) is 7.84. The largest absolute Gasteiger partial charge is 0.369 e. The highest BCUT2D eigenvalue weighted by Crippen LogP contribution is 2.61. The Morgan fingerprint density at radius 3 is 2.42 bits per heavy atom. The lowest BCUT2D eigenvalue weighted by atomic mass is 9.45. The maximum atomic E-state index is 11.1. The molecule has 68 valence electrons. The van der Waals surface area contributed by atoms with Crippen LogP contribution in [0.2, 0.25) is 0 Å². The van der Waals surface area contributed by atoms with Crippen LogP contribution in [0.15, 0.2) is 0 Å². The molecule has 3 aliphatic carbocycles. The van der Waals surface area contributed by atoms with Crippen molar-refractivity contribution in [3.63, 3.8) is 0 Å². The molecule has 12 heavy (non-hydrogen) atoms. The van der Waals surface area contributed by atoms with E-state index in [-0.39, 0.29) is 11.8 Å². The predicted molar refractivity (Wildman–Crippen MR) is 47.3 cm³/mol. The number of carbonyl (C=O) groups is 1. The second-order valence-corrected chi connectivity index (χ2v) is 4.95. The van der Waals surface area contributed by atoms with E-state index in [4.69, 9.17) is 5.73 Å². The number of amides is 1. The number of primary amides is 1. The standard InChI is InChI=1S/C10H17NO/c1-10(2)6-3-4-7(9(11)12)8(10)5-6/h6-8H,3-5H2,1-2H3,(H2,11,12)/t6-,7+,8-/m0/s1. The minimum Gasteiger partial charge on any atom is -0.369 e. The quantitative estimate of drug-likeness (QED) is 0.632. The Morgan fingerprint density at radius 1 is 1.42 bits per heavy atom. The van der Waals surface area contributed by atoms with Crippen molar-refractivity contribution < 1.29 is 4.79 Å². The van der Waals surface area contributed by atoms with Crippen molar-refractivity contribution >= 4 is 5.91 Å². The van der Waals surface area contributed by atoms with Gasteiger partial charge >= 0.3 is 0 Å². The molecule has 1 amide bonds. The van der Waals surface area contributed by atoms with Gasteiger partial charge in [0.05, 0.1) is 0 Å². The maximum absolute atomic E-state index is 11.1. The van der Waals surface area contributed by atoms with Gasteiger partial charge in [-0.15, -0.1) is 0 Å². The minimum atomic E-state index is -0.0776. The fourth-order valence-corrected chi connectivity index (χ4v) is 3.15. The summed E-state index contributed by atoms with van der Waals surface area (Å²) >= 11 is 0. The van der Waals surface area contributed by atoms with E-state index < -0.39 is 0 Å². The van der Waals surface area contributed by atoms with Gasteiger partial charge in [0.25, 0.3) is 0 Å². The van der Waals surface area contributed by atoms with Gasteiger partial charge in [-0.3, -0.25) is 4.79 Å². The molecule has 0 saturated heterocycles. The fourth-order valence-electron chi connectivity index (χ4n) is 3.15. The van der Waals surface area contributed by atoms with Crippen molar-refractivity contribution in [2.24, 2.45) is 28.9 Å². The van der Waals surface area contributed by atoms with Crippen LogP contribution in [0.4, 0.5) is 0 Å². The fraction of sp³-hybridized carbons (Fsp3) is 0.900. The van der Waals surface area contributed by atoms with Gasteiger partial charge in [0, 0.05) is 5.92 Å². The highest BCUT2D eigenvalue weighted by Gasteiger charge is 2.55. The molecule has 2 heteroatoms. The Labute approximate surface area is 73.5 Å². The average molecular weight is 167 g/mol. The summed E-state index contributed by atoms with van der Waals surface area (Å²) in [6, 6.07) is 0. The SMILES string of the molecule is CC1(C)[C@H]2CC[C@@H](C(N)=O)[C@@H]1C2. The van der Waals surface area contributed by atoms with E-state index in [1.54, 1.807) is 0 Å². The molecule has 3 rings (SSSR count). The van der Waals surface area contributed by atoms with E-state index in [2.05, 4.69) is 13.8 Å². The van der Waals surface area contributed by atoms with E-state index in [9.17, 15) is 4.79 Å². The highest BCUT2D eigenvalue weighted by atomic mass is 16.1. The summed E-state index contributed by atoms with van der Waals surface area (Å²) in [7, 11) is 0. The first kappa shape index (κ1) is 8.09. The first-order chi connectivity index (χ1) is 5.53. The molecule has 0 unspecified atom stereocenters. The van der Waals surface area contributed by atoms with Gasteiger partial charge in [0.15, 0.2) is 0 Å². The first-order valence-electron chi connectivity index (χ1n) is 4.83. The molecule has 3 atom stereocenters. The smallest absolute Gasteiger partial charge is 0.220 e. The average Bonchev–Trinajstić information content (AvgIpc) is 2.04. The number of rotatable bonds is 1. The molecule has 0 aromatic heterocycles. The zero-order valence-electron chi connectivity index (χ0n) is 7.84. The number of carbonyl (C=O) groups excluding carboxylic acids is 1. The molecule has 0 aromatic rings. The Balaban J connectivity index is 2.16. The van der Waals surface area contributed by atoms with Gasteiger partial charge in [-0.25, -0.2) is 0 Å². The molecule has 2 bridgehead atoms. The lowest BCUT2D eigenvalue weighted by molar-refractivity contribution is -0.145. The van der Waals surface area contributed by atoms with Crippen molar-refractivity contribution in [2.75, 3.05) is 0 Å². The summed E-state index contributed by atoms with van der Waals surface area (Å²) < 4.78 is 0. The minimum absolute atomic E-state index is 0.0776. The molecule has 3 fully saturated rings. The van der Waals surface area contributed by atoms with Gasteiger partial charge in [0.1, 0.15) is 0 Å². The van der Waals surface area contributed by atoms with Crippen LogP contribution in [0.25, 0.3) is 0 Å². The van der Waals surface area contributed by atoms with E-state index in [1.165, 1.54) is 12.8 Å². The van der Waals surface area contributed by atoms with Crippen LogP contribution in [0.3, 0.4) is 0 Å². The summed E-state index contributed by atoms with van der Waals surface area (Å²) in [5.74, 6) is 1.53. The van der Waals surface area contributed by atoms with Crippen molar-refractivity contribution in [1.29, 1.82) is 0 Å². The summed E-state index contributed by atoms with van der Waals surface area (Å²) in [6.45, 7) is 4.56. The van der Waals surface area contributed by atoms with Gasteiger partial charge < -0.3 is 5.73 Å². The normalized spacial score (nSPS) is 43.3. The summed E-state index contributed by atoms with van der Waals surface area (Å²) in [6.07, 6.45) is 3.48. The van der Waals surface area contributed by atoms with Crippen LogP contribution >= 0.6 is 0 Å². The Bertz CT molecular complexity index is 220. The molecule has 0 aliphatic heterocycles. The predicted octanol–water partition coefficient (Wildman–Crippen LogP) is 1.54. The lowest BCUT2D eigenvalue weighted by Crippen LogP contribution is -2.55. The zero-order chi connectivity index (χ0) is 8.93. The first-order valence-corrected chi connectivity index (χ1v) is 4.83. The summed E-state index contributed by atoms with van der Waals surface area (Å²) in [5, 5.41) is 0. The van der Waals surface area contributed by atoms with Crippen molar-refractivity contribution in [2.45, 2.75) is 33.1 Å². The Morgan fingerprint density at radius 2 is 2.08 bits per heavy atom.